The summed E-state index contributed by atoms with van der Waals surface area (Å²) in [5.41, 5.74) is 0. The van der Waals surface area contributed by atoms with Gasteiger partial charge in [0.2, 0.25) is 0 Å². The molecule has 0 spiro atoms. The van der Waals surface area contributed by atoms with Gasteiger partial charge in [0, 0.05) is 5.92 Å². The zero-order valence-corrected chi connectivity index (χ0v) is 11.4. The molecule has 2 rings (SSSR count). The van der Waals surface area contributed by atoms with Crippen molar-refractivity contribution < 1.29 is 9.47 Å². The third kappa shape index (κ3) is 5.86. The number of ether oxygens (including phenoxy) is 2. The molecule has 16 heavy (non-hydrogen) atoms. The topological polar surface area (TPSA) is 18.5 Å². The average molecular weight is 228 g/mol. The second kappa shape index (κ2) is 7.29. The van der Waals surface area contributed by atoms with E-state index in [4.69, 9.17) is 9.47 Å². The molecule has 2 nitrogen and oxygen atoms in total. The second-order valence-electron chi connectivity index (χ2n) is 5.70. The van der Waals surface area contributed by atoms with Crippen LogP contribution in [-0.2, 0) is 9.47 Å². The summed E-state index contributed by atoms with van der Waals surface area (Å²) >= 11 is 0. The fourth-order valence-electron chi connectivity index (χ4n) is 2.12. The van der Waals surface area contributed by atoms with E-state index in [2.05, 4.69) is 20.8 Å². The average Bonchev–Trinajstić information content (AvgIpc) is 2.28. The van der Waals surface area contributed by atoms with Gasteiger partial charge in [0.05, 0.1) is 13.2 Å². The van der Waals surface area contributed by atoms with Crippen LogP contribution in [0.25, 0.3) is 0 Å². The summed E-state index contributed by atoms with van der Waals surface area (Å²) in [5.74, 6) is 2.61. The Hall–Kier alpha value is -0.0800. The minimum atomic E-state index is 0.0196. The molecule has 0 aromatic carbocycles. The van der Waals surface area contributed by atoms with Crippen LogP contribution in [0, 0.1) is 17.8 Å². The molecule has 96 valence electrons. The van der Waals surface area contributed by atoms with Gasteiger partial charge >= 0.3 is 0 Å². The molecule has 1 saturated heterocycles. The van der Waals surface area contributed by atoms with Crippen molar-refractivity contribution in [2.45, 2.75) is 59.7 Å². The van der Waals surface area contributed by atoms with Gasteiger partial charge in [-0.3, -0.25) is 0 Å². The van der Waals surface area contributed by atoms with E-state index in [9.17, 15) is 0 Å². The monoisotopic (exact) mass is 228 g/mol. The second-order valence-corrected chi connectivity index (χ2v) is 5.70. The van der Waals surface area contributed by atoms with Crippen LogP contribution in [0.15, 0.2) is 0 Å². The zero-order chi connectivity index (χ0) is 12.0. The summed E-state index contributed by atoms with van der Waals surface area (Å²) in [6, 6.07) is 0. The SMILES string of the molecule is CC1CCC(C)CC1.CC1COC(C)OC1. The first-order valence-corrected chi connectivity index (χ1v) is 6.81. The van der Waals surface area contributed by atoms with E-state index in [-0.39, 0.29) is 6.29 Å². The van der Waals surface area contributed by atoms with Crippen molar-refractivity contribution in [3.05, 3.63) is 0 Å². The van der Waals surface area contributed by atoms with Crippen LogP contribution in [0.4, 0.5) is 0 Å². The predicted octanol–water partition coefficient (Wildman–Crippen LogP) is 3.85. The number of rotatable bonds is 0. The molecule has 0 aromatic rings. The van der Waals surface area contributed by atoms with Gasteiger partial charge in [-0.1, -0.05) is 46.5 Å². The van der Waals surface area contributed by atoms with Crippen LogP contribution in [0.3, 0.4) is 0 Å². The summed E-state index contributed by atoms with van der Waals surface area (Å²) < 4.78 is 10.3. The van der Waals surface area contributed by atoms with Gasteiger partial charge < -0.3 is 9.47 Å². The summed E-state index contributed by atoms with van der Waals surface area (Å²) in [4.78, 5) is 0. The van der Waals surface area contributed by atoms with E-state index in [0.29, 0.717) is 5.92 Å². The van der Waals surface area contributed by atoms with Gasteiger partial charge in [-0.2, -0.15) is 0 Å². The van der Waals surface area contributed by atoms with Crippen LogP contribution in [0.2, 0.25) is 0 Å². The van der Waals surface area contributed by atoms with E-state index >= 15 is 0 Å². The lowest BCUT2D eigenvalue weighted by molar-refractivity contribution is -0.187. The third-order valence-corrected chi connectivity index (χ3v) is 3.54. The Bertz CT molecular complexity index is 126. The van der Waals surface area contributed by atoms with E-state index in [1.807, 2.05) is 6.92 Å². The molecule has 0 radical (unpaired) electrons. The van der Waals surface area contributed by atoms with Crippen molar-refractivity contribution in [2.24, 2.45) is 17.8 Å². The van der Waals surface area contributed by atoms with Gasteiger partial charge in [-0.25, -0.2) is 0 Å². The molecule has 0 amide bonds. The largest absolute Gasteiger partial charge is 0.353 e. The first-order valence-electron chi connectivity index (χ1n) is 6.81. The fraction of sp³-hybridized carbons (Fsp3) is 1.00. The maximum Gasteiger partial charge on any atom is 0.154 e. The van der Waals surface area contributed by atoms with Gasteiger partial charge in [0.1, 0.15) is 0 Å². The lowest BCUT2D eigenvalue weighted by Crippen LogP contribution is -2.27. The maximum atomic E-state index is 5.17. The Morgan fingerprint density at radius 2 is 1.00 bits per heavy atom. The molecule has 2 heteroatoms. The molecular weight excluding hydrogens is 200 g/mol. The Morgan fingerprint density at radius 1 is 0.625 bits per heavy atom. The van der Waals surface area contributed by atoms with Crippen molar-refractivity contribution in [3.8, 4) is 0 Å². The van der Waals surface area contributed by atoms with Crippen LogP contribution in [-0.4, -0.2) is 19.5 Å². The molecule has 1 heterocycles. The molecule has 0 aromatic heterocycles. The smallest absolute Gasteiger partial charge is 0.154 e. The maximum absolute atomic E-state index is 5.17. The lowest BCUT2D eigenvalue weighted by Gasteiger charge is -2.24. The highest BCUT2D eigenvalue weighted by Gasteiger charge is 2.14. The van der Waals surface area contributed by atoms with E-state index in [0.717, 1.165) is 25.0 Å². The molecular formula is C14H28O2. The van der Waals surface area contributed by atoms with Crippen molar-refractivity contribution >= 4 is 0 Å². The molecule has 0 N–H and O–H groups in total. The number of hydrogen-bond donors (Lipinski definition) is 0. The highest BCUT2D eigenvalue weighted by molar-refractivity contribution is 4.65. The molecule has 1 saturated carbocycles. The molecule has 0 unspecified atom stereocenters. The van der Waals surface area contributed by atoms with E-state index in [1.165, 1.54) is 25.7 Å². The molecule has 2 aliphatic rings. The van der Waals surface area contributed by atoms with Crippen molar-refractivity contribution in [1.29, 1.82) is 0 Å². The van der Waals surface area contributed by atoms with Crippen LogP contribution >= 0.6 is 0 Å². The predicted molar refractivity (Wildman–Crippen MR) is 67.3 cm³/mol. The van der Waals surface area contributed by atoms with Crippen LogP contribution in [0.5, 0.6) is 0 Å². The normalized spacial score (nSPS) is 39.8. The fourth-order valence-corrected chi connectivity index (χ4v) is 2.12. The van der Waals surface area contributed by atoms with Crippen LogP contribution < -0.4 is 0 Å². The standard InChI is InChI=1S/C8H16.C6H12O2/c1-7-3-5-8(2)6-4-7;1-5-3-7-6(2)8-4-5/h7-8H,3-6H2,1-2H3;5-6H,3-4H2,1-2H3. The number of hydrogen-bond acceptors (Lipinski definition) is 2. The summed E-state index contributed by atoms with van der Waals surface area (Å²) in [5, 5.41) is 0. The highest BCUT2D eigenvalue weighted by atomic mass is 16.7. The molecule has 0 bridgehead atoms. The Morgan fingerprint density at radius 3 is 1.31 bits per heavy atom. The van der Waals surface area contributed by atoms with E-state index in [1.54, 1.807) is 0 Å². The Kier molecular flexibility index (Phi) is 6.37. The molecule has 2 fully saturated rings. The quantitative estimate of drug-likeness (QED) is 0.627. The molecule has 1 aliphatic heterocycles. The van der Waals surface area contributed by atoms with Crippen molar-refractivity contribution in [3.63, 3.8) is 0 Å². The summed E-state index contributed by atoms with van der Waals surface area (Å²) in [7, 11) is 0. The summed E-state index contributed by atoms with van der Waals surface area (Å²) in [6.45, 7) is 10.5. The molecule has 1 aliphatic carbocycles. The van der Waals surface area contributed by atoms with Crippen molar-refractivity contribution in [1.82, 2.24) is 0 Å². The third-order valence-electron chi connectivity index (χ3n) is 3.54. The van der Waals surface area contributed by atoms with Gasteiger partial charge in [-0.15, -0.1) is 0 Å². The Labute approximate surface area is 101 Å². The summed E-state index contributed by atoms with van der Waals surface area (Å²) in [6.07, 6.45) is 5.91. The Balaban J connectivity index is 0.000000160. The lowest BCUT2D eigenvalue weighted by atomic mass is 9.84. The first kappa shape index (κ1) is 14.0. The highest BCUT2D eigenvalue weighted by Crippen LogP contribution is 2.27. The first-order chi connectivity index (χ1) is 7.58. The van der Waals surface area contributed by atoms with Crippen LogP contribution in [0.1, 0.15) is 53.4 Å². The van der Waals surface area contributed by atoms with Gasteiger partial charge in [0.25, 0.3) is 0 Å². The minimum Gasteiger partial charge on any atom is -0.353 e. The zero-order valence-electron chi connectivity index (χ0n) is 11.4. The van der Waals surface area contributed by atoms with E-state index < -0.39 is 0 Å². The minimum absolute atomic E-state index is 0.0196. The van der Waals surface area contributed by atoms with Gasteiger partial charge in [-0.05, 0) is 18.8 Å². The molecule has 0 atom stereocenters. The van der Waals surface area contributed by atoms with Gasteiger partial charge in [0.15, 0.2) is 6.29 Å². The van der Waals surface area contributed by atoms with Crippen molar-refractivity contribution in [2.75, 3.05) is 13.2 Å².